The van der Waals surface area contributed by atoms with Gasteiger partial charge in [0.15, 0.2) is 5.78 Å². The summed E-state index contributed by atoms with van der Waals surface area (Å²) in [6.45, 7) is 6.78. The van der Waals surface area contributed by atoms with Crippen LogP contribution in [0.5, 0.6) is 0 Å². The zero-order chi connectivity index (χ0) is 34.1. The molecule has 1 heterocycles. The number of rotatable bonds is 15. The number of alkyl halides is 3. The second kappa shape index (κ2) is 16.0. The smallest absolute Gasteiger partial charge is 0.379 e. The van der Waals surface area contributed by atoms with E-state index in [9.17, 15) is 18.0 Å². The Labute approximate surface area is 279 Å². The summed E-state index contributed by atoms with van der Waals surface area (Å²) in [6.07, 6.45) is -3.48. The third-order valence-corrected chi connectivity index (χ3v) is 8.03. The molecule has 0 spiro atoms. The van der Waals surface area contributed by atoms with E-state index < -0.39 is 11.7 Å². The first-order valence-electron chi connectivity index (χ1n) is 16.0. The highest BCUT2D eigenvalue weighted by molar-refractivity contribution is 5.96. The van der Waals surface area contributed by atoms with Crippen LogP contribution in [-0.2, 0) is 22.2 Å². The standard InChI is InChI=1S/C39H40F3N3O3/c1-27-5-11-31(12-6-27)36-37(32-13-7-28(2)8-14-32)45(38(44-36)33-17-19-34(20-18-33)39(40,41)42)26-29-9-15-30(16-10-29)35(46)4-3-22-47-24-25-48-23-21-43/h5-20H,3-4,21-26,43H2,1-2H3. The van der Waals surface area contributed by atoms with E-state index in [0.29, 0.717) is 69.3 Å². The lowest BCUT2D eigenvalue weighted by atomic mass is 10.0. The predicted molar refractivity (Wildman–Crippen MR) is 183 cm³/mol. The van der Waals surface area contributed by atoms with Crippen molar-refractivity contribution in [1.82, 2.24) is 9.55 Å². The normalized spacial score (nSPS) is 11.6. The fourth-order valence-corrected chi connectivity index (χ4v) is 5.42. The molecule has 0 radical (unpaired) electrons. The first-order valence-corrected chi connectivity index (χ1v) is 16.0. The molecule has 6 nitrogen and oxygen atoms in total. The van der Waals surface area contributed by atoms with E-state index >= 15 is 0 Å². The molecule has 0 aliphatic carbocycles. The molecule has 2 N–H and O–H groups in total. The van der Waals surface area contributed by atoms with Gasteiger partial charge in [0.05, 0.1) is 36.8 Å². The summed E-state index contributed by atoms with van der Waals surface area (Å²) >= 11 is 0. The van der Waals surface area contributed by atoms with Crippen molar-refractivity contribution in [3.05, 3.63) is 125 Å². The van der Waals surface area contributed by atoms with Crippen LogP contribution >= 0.6 is 0 Å². The molecule has 0 saturated heterocycles. The van der Waals surface area contributed by atoms with Gasteiger partial charge in [-0.3, -0.25) is 4.79 Å². The zero-order valence-electron chi connectivity index (χ0n) is 27.2. The molecule has 0 atom stereocenters. The number of carbonyl (C=O) groups excluding carboxylic acids is 1. The van der Waals surface area contributed by atoms with Gasteiger partial charge in [0.25, 0.3) is 0 Å². The van der Waals surface area contributed by atoms with Gasteiger partial charge in [-0.25, -0.2) is 4.98 Å². The van der Waals surface area contributed by atoms with Crippen LogP contribution in [0.15, 0.2) is 97.1 Å². The molecule has 0 bridgehead atoms. The van der Waals surface area contributed by atoms with Crippen LogP contribution in [0.25, 0.3) is 33.9 Å². The molecule has 48 heavy (non-hydrogen) atoms. The minimum absolute atomic E-state index is 0.0274. The molecule has 0 aliphatic rings. The van der Waals surface area contributed by atoms with Crippen molar-refractivity contribution in [3.63, 3.8) is 0 Å². The number of ether oxygens (including phenoxy) is 2. The summed E-state index contributed by atoms with van der Waals surface area (Å²) in [5.74, 6) is 0.572. The lowest BCUT2D eigenvalue weighted by molar-refractivity contribution is -0.137. The Bertz CT molecular complexity index is 1780. The second-order valence-electron chi connectivity index (χ2n) is 11.8. The van der Waals surface area contributed by atoms with E-state index in [1.54, 1.807) is 0 Å². The Kier molecular flexibility index (Phi) is 11.6. The van der Waals surface area contributed by atoms with Gasteiger partial charge in [-0.2, -0.15) is 13.2 Å². The number of benzene rings is 4. The topological polar surface area (TPSA) is 79.4 Å². The molecule has 0 fully saturated rings. The number of hydrogen-bond acceptors (Lipinski definition) is 5. The second-order valence-corrected chi connectivity index (χ2v) is 11.8. The summed E-state index contributed by atoms with van der Waals surface area (Å²) in [5.41, 5.74) is 12.4. The van der Waals surface area contributed by atoms with Crippen LogP contribution < -0.4 is 5.73 Å². The summed E-state index contributed by atoms with van der Waals surface area (Å²) in [6, 6.07) is 28.8. The van der Waals surface area contributed by atoms with Crippen molar-refractivity contribution in [3.8, 4) is 33.9 Å². The van der Waals surface area contributed by atoms with Crippen LogP contribution in [0, 0.1) is 13.8 Å². The van der Waals surface area contributed by atoms with E-state index in [1.165, 1.54) is 12.1 Å². The minimum atomic E-state index is -4.44. The summed E-state index contributed by atoms with van der Waals surface area (Å²) in [5, 5.41) is 0. The molecule has 5 aromatic rings. The average Bonchev–Trinajstić information content (AvgIpc) is 3.45. The molecule has 9 heteroatoms. The van der Waals surface area contributed by atoms with Gasteiger partial charge in [-0.05, 0) is 38.0 Å². The fraction of sp³-hybridized carbons (Fsp3) is 0.282. The summed E-state index contributed by atoms with van der Waals surface area (Å²) in [7, 11) is 0. The summed E-state index contributed by atoms with van der Waals surface area (Å²) in [4.78, 5) is 18.0. The number of ketones is 1. The highest BCUT2D eigenvalue weighted by Crippen LogP contribution is 2.38. The van der Waals surface area contributed by atoms with E-state index in [0.717, 1.165) is 51.3 Å². The van der Waals surface area contributed by atoms with E-state index in [2.05, 4.69) is 0 Å². The van der Waals surface area contributed by atoms with E-state index in [-0.39, 0.29) is 5.78 Å². The maximum absolute atomic E-state index is 13.5. The number of aromatic nitrogens is 2. The number of hydrogen-bond donors (Lipinski definition) is 1. The number of imidazole rings is 1. The fourth-order valence-electron chi connectivity index (χ4n) is 5.42. The Balaban J connectivity index is 1.46. The van der Waals surface area contributed by atoms with E-state index in [1.807, 2.05) is 91.2 Å². The molecule has 4 aromatic carbocycles. The number of Topliss-reactive ketones (excluding diaryl/α,β-unsaturated/α-hetero) is 1. The van der Waals surface area contributed by atoms with Crippen molar-refractivity contribution in [1.29, 1.82) is 0 Å². The molecule has 250 valence electrons. The Morgan fingerprint density at radius 2 is 1.29 bits per heavy atom. The van der Waals surface area contributed by atoms with Gasteiger partial charge < -0.3 is 19.8 Å². The van der Waals surface area contributed by atoms with Gasteiger partial charge in [-0.1, -0.05) is 96.1 Å². The predicted octanol–water partition coefficient (Wildman–Crippen LogP) is 8.52. The minimum Gasteiger partial charge on any atom is -0.379 e. The van der Waals surface area contributed by atoms with Gasteiger partial charge in [0.1, 0.15) is 5.82 Å². The molecule has 5 rings (SSSR count). The Morgan fingerprint density at radius 1 is 0.729 bits per heavy atom. The van der Waals surface area contributed by atoms with E-state index in [4.69, 9.17) is 20.2 Å². The lowest BCUT2D eigenvalue weighted by Gasteiger charge is -2.15. The molecule has 0 saturated carbocycles. The van der Waals surface area contributed by atoms with Crippen LogP contribution in [0.1, 0.15) is 45.5 Å². The van der Waals surface area contributed by atoms with Gasteiger partial charge in [-0.15, -0.1) is 0 Å². The quantitative estimate of drug-likeness (QED) is 0.0904. The Morgan fingerprint density at radius 3 is 1.88 bits per heavy atom. The Hall–Kier alpha value is -4.57. The molecule has 1 aromatic heterocycles. The average molecular weight is 656 g/mol. The molecule has 0 unspecified atom stereocenters. The monoisotopic (exact) mass is 655 g/mol. The van der Waals surface area contributed by atoms with Gasteiger partial charge >= 0.3 is 6.18 Å². The maximum Gasteiger partial charge on any atom is 0.416 e. The van der Waals surface area contributed by atoms with Crippen LogP contribution in [0.4, 0.5) is 13.2 Å². The van der Waals surface area contributed by atoms with Crippen molar-refractivity contribution >= 4 is 5.78 Å². The summed E-state index contributed by atoms with van der Waals surface area (Å²) < 4.78 is 53.2. The zero-order valence-corrected chi connectivity index (χ0v) is 27.2. The highest BCUT2D eigenvalue weighted by atomic mass is 19.4. The van der Waals surface area contributed by atoms with Crippen LogP contribution in [0.3, 0.4) is 0 Å². The third-order valence-electron chi connectivity index (χ3n) is 8.03. The molecular weight excluding hydrogens is 615 g/mol. The van der Waals surface area contributed by atoms with Crippen molar-refractivity contribution in [2.75, 3.05) is 33.0 Å². The maximum atomic E-state index is 13.5. The van der Waals surface area contributed by atoms with Gasteiger partial charge in [0.2, 0.25) is 0 Å². The molecular formula is C39H40F3N3O3. The first kappa shape index (κ1) is 34.8. The van der Waals surface area contributed by atoms with Crippen LogP contribution in [0.2, 0.25) is 0 Å². The number of nitrogens with two attached hydrogens (primary N) is 1. The number of halogens is 3. The lowest BCUT2D eigenvalue weighted by Crippen LogP contribution is -2.12. The van der Waals surface area contributed by atoms with Crippen molar-refractivity contribution in [2.24, 2.45) is 5.73 Å². The number of nitrogens with zero attached hydrogens (tertiary/aromatic N) is 2. The van der Waals surface area contributed by atoms with Crippen LogP contribution in [-0.4, -0.2) is 48.3 Å². The largest absolute Gasteiger partial charge is 0.416 e. The highest BCUT2D eigenvalue weighted by Gasteiger charge is 2.30. The van der Waals surface area contributed by atoms with Gasteiger partial charge in [0, 0.05) is 48.4 Å². The number of aryl methyl sites for hydroxylation is 2. The first-order chi connectivity index (χ1) is 23.1. The van der Waals surface area contributed by atoms with Crippen molar-refractivity contribution in [2.45, 2.75) is 39.4 Å². The third kappa shape index (κ3) is 8.86. The van der Waals surface area contributed by atoms with Crippen molar-refractivity contribution < 1.29 is 27.4 Å². The molecule has 0 aliphatic heterocycles. The number of carbonyl (C=O) groups is 1. The molecule has 0 amide bonds. The SMILES string of the molecule is Cc1ccc(-c2nc(-c3ccc(C(F)(F)F)cc3)n(Cc3ccc(C(=O)CCCOCCOCCN)cc3)c2-c2ccc(C)cc2)cc1.